The van der Waals surface area contributed by atoms with Crippen molar-refractivity contribution in [2.45, 2.75) is 19.9 Å². The predicted octanol–water partition coefficient (Wildman–Crippen LogP) is 2.67. The molecule has 25 heavy (non-hydrogen) atoms. The second-order valence-corrected chi connectivity index (χ2v) is 6.46. The largest absolute Gasteiger partial charge is 0.480 e. The number of amides is 1. The molecule has 1 N–H and O–H groups in total. The fourth-order valence-electron chi connectivity index (χ4n) is 3.20. The summed E-state index contributed by atoms with van der Waals surface area (Å²) < 4.78 is 7.15. The zero-order chi connectivity index (χ0) is 18.1. The van der Waals surface area contributed by atoms with E-state index in [0.29, 0.717) is 17.2 Å². The first-order chi connectivity index (χ1) is 11.9. The first-order valence-electron chi connectivity index (χ1n) is 7.96. The molecule has 1 aromatic carbocycles. The molecule has 0 bridgehead atoms. The average molecular weight is 363 g/mol. The maximum absolute atomic E-state index is 13.0. The van der Waals surface area contributed by atoms with E-state index in [1.54, 1.807) is 12.1 Å². The second-order valence-electron chi connectivity index (χ2n) is 6.03. The van der Waals surface area contributed by atoms with Crippen LogP contribution >= 0.6 is 11.6 Å². The van der Waals surface area contributed by atoms with Gasteiger partial charge in [-0.25, -0.2) is 4.79 Å². The lowest BCUT2D eigenvalue weighted by molar-refractivity contribution is -0.147. The number of aryl methyl sites for hydroxylation is 1. The van der Waals surface area contributed by atoms with Gasteiger partial charge in [0.2, 0.25) is 0 Å². The molecule has 1 amide bonds. The molecule has 1 saturated heterocycles. The molecule has 0 aliphatic carbocycles. The highest BCUT2D eigenvalue weighted by Crippen LogP contribution is 2.25. The summed E-state index contributed by atoms with van der Waals surface area (Å²) in [6.45, 7) is 4.35. The quantitative estimate of drug-likeness (QED) is 0.911. The van der Waals surface area contributed by atoms with Gasteiger partial charge in [-0.1, -0.05) is 17.7 Å². The molecule has 1 aliphatic heterocycles. The predicted molar refractivity (Wildman–Crippen MR) is 93.5 cm³/mol. The van der Waals surface area contributed by atoms with E-state index in [0.717, 1.165) is 17.1 Å². The number of carbonyl (C=O) groups excluding carboxylic acids is 1. The molecule has 2 heterocycles. The molecule has 6 nitrogen and oxygen atoms in total. The number of aliphatic carboxylic acids is 1. The molecular formula is C18H19ClN2O4. The van der Waals surface area contributed by atoms with Gasteiger partial charge in [-0.3, -0.25) is 4.79 Å². The van der Waals surface area contributed by atoms with E-state index in [-0.39, 0.29) is 19.1 Å². The standard InChI is InChI=1S/C18H19ClN2O4/c1-11-8-15(12(2)21(11)14-5-3-4-13(19)9-14)17(22)20-6-7-25-10-16(20)18(23)24/h3-5,8-9,16H,6-7,10H2,1-2H3,(H,23,24). The number of carbonyl (C=O) groups is 2. The summed E-state index contributed by atoms with van der Waals surface area (Å²) in [7, 11) is 0. The lowest BCUT2D eigenvalue weighted by Gasteiger charge is -2.32. The van der Waals surface area contributed by atoms with E-state index < -0.39 is 12.0 Å². The molecule has 0 saturated carbocycles. The number of hydrogen-bond donors (Lipinski definition) is 1. The van der Waals surface area contributed by atoms with Gasteiger partial charge in [0.15, 0.2) is 6.04 Å². The molecule has 1 atom stereocenters. The van der Waals surface area contributed by atoms with E-state index in [4.69, 9.17) is 16.3 Å². The Kier molecular flexibility index (Phi) is 4.83. The highest BCUT2D eigenvalue weighted by atomic mass is 35.5. The van der Waals surface area contributed by atoms with Crippen molar-refractivity contribution in [1.82, 2.24) is 9.47 Å². The van der Waals surface area contributed by atoms with Crippen molar-refractivity contribution >= 4 is 23.5 Å². The lowest BCUT2D eigenvalue weighted by atomic mass is 10.1. The maximum atomic E-state index is 13.0. The molecule has 132 valence electrons. The van der Waals surface area contributed by atoms with Crippen LogP contribution in [-0.2, 0) is 9.53 Å². The highest BCUT2D eigenvalue weighted by molar-refractivity contribution is 6.30. The Morgan fingerprint density at radius 1 is 1.28 bits per heavy atom. The smallest absolute Gasteiger partial charge is 0.328 e. The van der Waals surface area contributed by atoms with Crippen LogP contribution in [0.4, 0.5) is 0 Å². The number of halogens is 1. The molecule has 2 aromatic rings. The Morgan fingerprint density at radius 3 is 2.72 bits per heavy atom. The first-order valence-corrected chi connectivity index (χ1v) is 8.34. The molecular weight excluding hydrogens is 344 g/mol. The first kappa shape index (κ1) is 17.5. The Morgan fingerprint density at radius 2 is 2.04 bits per heavy atom. The van der Waals surface area contributed by atoms with Gasteiger partial charge in [0.05, 0.1) is 18.8 Å². The molecule has 1 fully saturated rings. The zero-order valence-corrected chi connectivity index (χ0v) is 14.8. The van der Waals surface area contributed by atoms with Gasteiger partial charge in [0.1, 0.15) is 0 Å². The Hall–Kier alpha value is -2.31. The lowest BCUT2D eigenvalue weighted by Crippen LogP contribution is -2.52. The molecule has 3 rings (SSSR count). The zero-order valence-electron chi connectivity index (χ0n) is 14.0. The number of aromatic nitrogens is 1. The van der Waals surface area contributed by atoms with Crippen molar-refractivity contribution < 1.29 is 19.4 Å². The van der Waals surface area contributed by atoms with E-state index in [9.17, 15) is 14.7 Å². The molecule has 7 heteroatoms. The van der Waals surface area contributed by atoms with Crippen LogP contribution in [-0.4, -0.2) is 52.3 Å². The SMILES string of the molecule is Cc1cc(C(=O)N2CCOCC2C(=O)O)c(C)n1-c1cccc(Cl)c1. The van der Waals surface area contributed by atoms with Crippen molar-refractivity contribution in [3.63, 3.8) is 0 Å². The van der Waals surface area contributed by atoms with Gasteiger partial charge in [0, 0.05) is 28.6 Å². The van der Waals surface area contributed by atoms with Gasteiger partial charge in [-0.2, -0.15) is 0 Å². The van der Waals surface area contributed by atoms with E-state index in [2.05, 4.69) is 0 Å². The summed E-state index contributed by atoms with van der Waals surface area (Å²) >= 11 is 6.08. The number of ether oxygens (including phenoxy) is 1. The minimum absolute atomic E-state index is 0.00804. The average Bonchev–Trinajstić information content (AvgIpc) is 2.88. The topological polar surface area (TPSA) is 71.8 Å². The van der Waals surface area contributed by atoms with E-state index in [1.807, 2.05) is 36.6 Å². The molecule has 0 radical (unpaired) electrons. The van der Waals surface area contributed by atoms with Crippen molar-refractivity contribution in [2.24, 2.45) is 0 Å². The number of hydrogen-bond acceptors (Lipinski definition) is 3. The molecule has 1 aromatic heterocycles. The normalized spacial score (nSPS) is 17.6. The fourth-order valence-corrected chi connectivity index (χ4v) is 3.38. The summed E-state index contributed by atoms with van der Waals surface area (Å²) in [5.41, 5.74) is 2.98. The summed E-state index contributed by atoms with van der Waals surface area (Å²) in [6, 6.07) is 8.19. The third kappa shape index (κ3) is 3.27. The second kappa shape index (κ2) is 6.90. The van der Waals surface area contributed by atoms with E-state index in [1.165, 1.54) is 4.90 Å². The monoisotopic (exact) mass is 362 g/mol. The van der Waals surface area contributed by atoms with Crippen LogP contribution in [0.5, 0.6) is 0 Å². The number of benzene rings is 1. The minimum atomic E-state index is -1.06. The Labute approximate surface area is 150 Å². The summed E-state index contributed by atoms with van der Waals surface area (Å²) in [5, 5.41) is 9.96. The number of rotatable bonds is 3. The van der Waals surface area contributed by atoms with Crippen molar-refractivity contribution in [3.8, 4) is 5.69 Å². The van der Waals surface area contributed by atoms with Gasteiger partial charge in [-0.05, 0) is 38.1 Å². The Balaban J connectivity index is 1.99. The third-order valence-electron chi connectivity index (χ3n) is 4.40. The van der Waals surface area contributed by atoms with Gasteiger partial charge in [-0.15, -0.1) is 0 Å². The van der Waals surface area contributed by atoms with Gasteiger partial charge in [0.25, 0.3) is 5.91 Å². The Bertz CT molecular complexity index is 830. The van der Waals surface area contributed by atoms with Crippen LogP contribution in [0.1, 0.15) is 21.7 Å². The van der Waals surface area contributed by atoms with Crippen LogP contribution in [0.25, 0.3) is 5.69 Å². The van der Waals surface area contributed by atoms with Crippen LogP contribution in [0.2, 0.25) is 5.02 Å². The number of morpholine rings is 1. The fraction of sp³-hybridized carbons (Fsp3) is 0.333. The maximum Gasteiger partial charge on any atom is 0.328 e. The van der Waals surface area contributed by atoms with Crippen LogP contribution in [0.3, 0.4) is 0 Å². The minimum Gasteiger partial charge on any atom is -0.480 e. The highest BCUT2D eigenvalue weighted by Gasteiger charge is 2.34. The van der Waals surface area contributed by atoms with Gasteiger partial charge >= 0.3 is 5.97 Å². The van der Waals surface area contributed by atoms with Gasteiger partial charge < -0.3 is 19.3 Å². The van der Waals surface area contributed by atoms with Crippen molar-refractivity contribution in [2.75, 3.05) is 19.8 Å². The summed E-state index contributed by atoms with van der Waals surface area (Å²) in [5.74, 6) is -1.35. The number of carboxylic acid groups (broad SMARTS) is 1. The summed E-state index contributed by atoms with van der Waals surface area (Å²) in [6.07, 6.45) is 0. The van der Waals surface area contributed by atoms with E-state index >= 15 is 0 Å². The molecule has 1 aliphatic rings. The number of nitrogens with zero attached hydrogens (tertiary/aromatic N) is 2. The third-order valence-corrected chi connectivity index (χ3v) is 4.64. The van der Waals surface area contributed by atoms with Crippen LogP contribution in [0, 0.1) is 13.8 Å². The van der Waals surface area contributed by atoms with Crippen LogP contribution in [0.15, 0.2) is 30.3 Å². The molecule has 1 unspecified atom stereocenters. The van der Waals surface area contributed by atoms with Crippen molar-refractivity contribution in [1.29, 1.82) is 0 Å². The van der Waals surface area contributed by atoms with Crippen LogP contribution < -0.4 is 0 Å². The summed E-state index contributed by atoms with van der Waals surface area (Å²) in [4.78, 5) is 25.8. The van der Waals surface area contributed by atoms with Crippen molar-refractivity contribution in [3.05, 3.63) is 52.3 Å². The molecule has 0 spiro atoms. The number of carboxylic acids is 1.